The highest BCUT2D eigenvalue weighted by atomic mass is 16.5. The van der Waals surface area contributed by atoms with Crippen LogP contribution in [-0.2, 0) is 15.1 Å². The van der Waals surface area contributed by atoms with Gasteiger partial charge in [0.1, 0.15) is 17.0 Å². The molecular weight excluding hydrogens is 398 g/mol. The Hall–Kier alpha value is -4.07. The zero-order valence-electron chi connectivity index (χ0n) is 17.0. The first-order valence-corrected chi connectivity index (χ1v) is 9.63. The summed E-state index contributed by atoms with van der Waals surface area (Å²) in [5.41, 5.74) is 1.57. The third kappa shape index (κ3) is 3.87. The van der Waals surface area contributed by atoms with Crippen molar-refractivity contribution in [3.8, 4) is 11.5 Å². The first-order chi connectivity index (χ1) is 14.9. The molecule has 1 heterocycles. The van der Waals surface area contributed by atoms with Gasteiger partial charge in [-0.05, 0) is 47.5 Å². The number of amides is 4. The zero-order chi connectivity index (χ0) is 22.0. The monoisotopic (exact) mass is 419 g/mol. The van der Waals surface area contributed by atoms with Gasteiger partial charge in [0.15, 0.2) is 6.61 Å². The summed E-state index contributed by atoms with van der Waals surface area (Å²) in [7, 11) is 1.54. The van der Waals surface area contributed by atoms with Crippen molar-refractivity contribution in [1.82, 2.24) is 15.8 Å². The Morgan fingerprint density at radius 2 is 1.68 bits per heavy atom. The maximum atomic E-state index is 12.9. The van der Waals surface area contributed by atoms with Crippen LogP contribution in [0.4, 0.5) is 4.79 Å². The van der Waals surface area contributed by atoms with E-state index < -0.39 is 23.4 Å². The molecule has 0 aliphatic carbocycles. The van der Waals surface area contributed by atoms with Gasteiger partial charge in [-0.3, -0.25) is 15.0 Å². The number of methoxy groups -OCH3 is 1. The number of benzene rings is 3. The highest BCUT2D eigenvalue weighted by Crippen LogP contribution is 2.29. The molecule has 0 unspecified atom stereocenters. The van der Waals surface area contributed by atoms with E-state index in [1.165, 1.54) is 7.11 Å². The van der Waals surface area contributed by atoms with Gasteiger partial charge in [-0.2, -0.15) is 5.01 Å². The first-order valence-electron chi connectivity index (χ1n) is 9.63. The van der Waals surface area contributed by atoms with Crippen LogP contribution in [0.3, 0.4) is 0 Å². The summed E-state index contributed by atoms with van der Waals surface area (Å²) in [6, 6.07) is 19.3. The van der Waals surface area contributed by atoms with Crippen LogP contribution >= 0.6 is 0 Å². The van der Waals surface area contributed by atoms with Gasteiger partial charge in [-0.15, -0.1) is 0 Å². The molecule has 1 saturated heterocycles. The molecule has 1 fully saturated rings. The van der Waals surface area contributed by atoms with Crippen molar-refractivity contribution in [1.29, 1.82) is 0 Å². The predicted molar refractivity (Wildman–Crippen MR) is 113 cm³/mol. The van der Waals surface area contributed by atoms with E-state index in [0.29, 0.717) is 22.1 Å². The number of carbonyl (C=O) groups is 3. The second-order valence-corrected chi connectivity index (χ2v) is 7.26. The summed E-state index contributed by atoms with van der Waals surface area (Å²) in [4.78, 5) is 37.6. The fraction of sp³-hybridized carbons (Fsp3) is 0.174. The van der Waals surface area contributed by atoms with Gasteiger partial charge >= 0.3 is 6.03 Å². The minimum absolute atomic E-state index is 0.353. The zero-order valence-corrected chi connectivity index (χ0v) is 17.0. The average molecular weight is 419 g/mol. The summed E-state index contributed by atoms with van der Waals surface area (Å²) in [5.74, 6) is -0.0911. The maximum Gasteiger partial charge on any atom is 0.344 e. The van der Waals surface area contributed by atoms with E-state index in [2.05, 4.69) is 10.7 Å². The van der Waals surface area contributed by atoms with Crippen LogP contribution in [-0.4, -0.2) is 36.6 Å². The van der Waals surface area contributed by atoms with Crippen molar-refractivity contribution in [2.45, 2.75) is 12.5 Å². The number of hydrazine groups is 1. The number of rotatable bonds is 6. The molecule has 1 aliphatic heterocycles. The summed E-state index contributed by atoms with van der Waals surface area (Å²) >= 11 is 0. The van der Waals surface area contributed by atoms with Gasteiger partial charge in [-0.25, -0.2) is 4.79 Å². The van der Waals surface area contributed by atoms with Crippen LogP contribution in [0.2, 0.25) is 0 Å². The number of urea groups is 1. The fourth-order valence-corrected chi connectivity index (χ4v) is 3.42. The quantitative estimate of drug-likeness (QED) is 0.599. The standard InChI is InChI=1S/C23H21N3O5/c1-23(17-8-11-18(30-2)12-9-17)21(28)26(22(29)24-23)25-20(27)14-31-19-10-7-15-5-3-4-6-16(15)13-19/h3-13H,14H2,1-2H3,(H,24,29)(H,25,27)/t23-/m0/s1. The van der Waals surface area contributed by atoms with E-state index >= 15 is 0 Å². The van der Waals surface area contributed by atoms with Gasteiger partial charge < -0.3 is 14.8 Å². The van der Waals surface area contributed by atoms with Gasteiger partial charge in [-0.1, -0.05) is 42.5 Å². The summed E-state index contributed by atoms with van der Waals surface area (Å²) in [5, 5.41) is 5.33. The number of ether oxygens (including phenoxy) is 2. The Kier molecular flexibility index (Phi) is 5.21. The highest BCUT2D eigenvalue weighted by molar-refractivity contribution is 6.08. The molecule has 4 rings (SSSR count). The molecule has 3 aromatic rings. The average Bonchev–Trinajstić information content (AvgIpc) is 3.01. The highest BCUT2D eigenvalue weighted by Gasteiger charge is 2.50. The van der Waals surface area contributed by atoms with E-state index in [0.717, 1.165) is 10.8 Å². The minimum atomic E-state index is -1.31. The number of hydrogen-bond donors (Lipinski definition) is 2. The van der Waals surface area contributed by atoms with Crippen LogP contribution in [0, 0.1) is 0 Å². The molecule has 0 spiro atoms. The van der Waals surface area contributed by atoms with Crippen LogP contribution in [0.1, 0.15) is 12.5 Å². The van der Waals surface area contributed by atoms with E-state index in [1.807, 2.05) is 36.4 Å². The number of hydrogen-bond acceptors (Lipinski definition) is 5. The van der Waals surface area contributed by atoms with Gasteiger partial charge in [0, 0.05) is 0 Å². The fourth-order valence-electron chi connectivity index (χ4n) is 3.42. The van der Waals surface area contributed by atoms with E-state index in [1.54, 1.807) is 37.3 Å². The van der Waals surface area contributed by atoms with Crippen LogP contribution < -0.4 is 20.2 Å². The van der Waals surface area contributed by atoms with Crippen molar-refractivity contribution in [2.24, 2.45) is 0 Å². The number of carbonyl (C=O) groups excluding carboxylic acids is 3. The number of fused-ring (bicyclic) bond motifs is 1. The lowest BCUT2D eigenvalue weighted by molar-refractivity contribution is -0.139. The van der Waals surface area contributed by atoms with Crippen molar-refractivity contribution in [3.63, 3.8) is 0 Å². The topological polar surface area (TPSA) is 97.0 Å². The lowest BCUT2D eigenvalue weighted by atomic mass is 9.92. The molecule has 31 heavy (non-hydrogen) atoms. The molecule has 1 aliphatic rings. The molecule has 0 bridgehead atoms. The molecule has 4 amide bonds. The largest absolute Gasteiger partial charge is 0.497 e. The third-order valence-corrected chi connectivity index (χ3v) is 5.19. The van der Waals surface area contributed by atoms with Crippen molar-refractivity contribution < 1.29 is 23.9 Å². The molecule has 1 atom stereocenters. The van der Waals surface area contributed by atoms with Gasteiger partial charge in [0.25, 0.3) is 11.8 Å². The van der Waals surface area contributed by atoms with Crippen molar-refractivity contribution >= 4 is 28.6 Å². The molecular formula is C23H21N3O5. The summed E-state index contributed by atoms with van der Waals surface area (Å²) in [6.45, 7) is 1.22. The second kappa shape index (κ2) is 7.98. The number of imide groups is 1. The van der Waals surface area contributed by atoms with Crippen LogP contribution in [0.15, 0.2) is 66.7 Å². The molecule has 3 aromatic carbocycles. The molecule has 158 valence electrons. The van der Waals surface area contributed by atoms with E-state index in [9.17, 15) is 14.4 Å². The molecule has 0 saturated carbocycles. The van der Waals surface area contributed by atoms with E-state index in [4.69, 9.17) is 9.47 Å². The molecule has 0 aromatic heterocycles. The predicted octanol–water partition coefficient (Wildman–Crippen LogP) is 2.73. The number of nitrogens with zero attached hydrogens (tertiary/aromatic N) is 1. The first kappa shape index (κ1) is 20.2. The molecule has 0 radical (unpaired) electrons. The Morgan fingerprint density at radius 3 is 2.39 bits per heavy atom. The Labute approximate surface area is 178 Å². The van der Waals surface area contributed by atoms with Gasteiger partial charge in [0.05, 0.1) is 7.11 Å². The lowest BCUT2D eigenvalue weighted by Gasteiger charge is -2.22. The second-order valence-electron chi connectivity index (χ2n) is 7.26. The van der Waals surface area contributed by atoms with E-state index in [-0.39, 0.29) is 6.61 Å². The van der Waals surface area contributed by atoms with Gasteiger partial charge in [0.2, 0.25) is 0 Å². The Bertz CT molecular complexity index is 1160. The van der Waals surface area contributed by atoms with Crippen molar-refractivity contribution in [2.75, 3.05) is 13.7 Å². The smallest absolute Gasteiger partial charge is 0.344 e. The molecule has 8 heteroatoms. The lowest BCUT2D eigenvalue weighted by Crippen LogP contribution is -2.49. The van der Waals surface area contributed by atoms with Crippen molar-refractivity contribution in [3.05, 3.63) is 72.3 Å². The maximum absolute atomic E-state index is 12.9. The Morgan fingerprint density at radius 1 is 1.00 bits per heavy atom. The summed E-state index contributed by atoms with van der Waals surface area (Å²) < 4.78 is 10.6. The Balaban J connectivity index is 1.41. The minimum Gasteiger partial charge on any atom is -0.497 e. The third-order valence-electron chi connectivity index (χ3n) is 5.19. The van der Waals surface area contributed by atoms with Crippen LogP contribution in [0.25, 0.3) is 10.8 Å². The number of nitrogens with one attached hydrogen (secondary N) is 2. The molecule has 2 N–H and O–H groups in total. The summed E-state index contributed by atoms with van der Waals surface area (Å²) in [6.07, 6.45) is 0. The normalized spacial score (nSPS) is 18.1. The SMILES string of the molecule is COc1ccc([C@]2(C)NC(=O)N(NC(=O)COc3ccc4ccccc4c3)C2=O)cc1. The van der Waals surface area contributed by atoms with Crippen LogP contribution in [0.5, 0.6) is 11.5 Å². The molecule has 8 nitrogen and oxygen atoms in total.